The molecule has 0 spiro atoms. The van der Waals surface area contributed by atoms with Crippen molar-refractivity contribution in [3.8, 4) is 0 Å². The highest BCUT2D eigenvalue weighted by Gasteiger charge is 2.22. The van der Waals surface area contributed by atoms with Crippen molar-refractivity contribution in [3.05, 3.63) is 46.5 Å². The van der Waals surface area contributed by atoms with Crippen molar-refractivity contribution in [2.24, 2.45) is 0 Å². The number of halogens is 3. The molecule has 1 saturated heterocycles. The maximum absolute atomic E-state index is 13.2. The molecule has 1 fully saturated rings. The van der Waals surface area contributed by atoms with Crippen LogP contribution in [-0.2, 0) is 16.0 Å². The Hall–Kier alpha value is -1.61. The molecule has 1 atom stereocenters. The van der Waals surface area contributed by atoms with Crippen molar-refractivity contribution in [2.45, 2.75) is 12.5 Å². The number of morpholine rings is 1. The molecule has 0 radical (unpaired) electrons. The summed E-state index contributed by atoms with van der Waals surface area (Å²) < 4.78 is 31.5. The molecule has 3 rings (SSSR count). The van der Waals surface area contributed by atoms with Gasteiger partial charge in [0, 0.05) is 30.6 Å². The van der Waals surface area contributed by atoms with Gasteiger partial charge in [-0.05, 0) is 17.7 Å². The summed E-state index contributed by atoms with van der Waals surface area (Å²) in [5.41, 5.74) is 0.644. The van der Waals surface area contributed by atoms with Gasteiger partial charge in [-0.1, -0.05) is 6.07 Å². The normalized spacial score (nSPS) is 17.2. The van der Waals surface area contributed by atoms with Gasteiger partial charge in [-0.25, -0.2) is 13.8 Å². The number of amides is 1. The fourth-order valence-electron chi connectivity index (χ4n) is 2.22. The van der Waals surface area contributed by atoms with Crippen LogP contribution >= 0.6 is 23.7 Å². The number of carbonyl (C=O) groups is 1. The molecule has 2 aromatic rings. The molecular formula is C15H16ClF2N3O2S. The maximum atomic E-state index is 13.2. The van der Waals surface area contributed by atoms with Crippen molar-refractivity contribution < 1.29 is 18.3 Å². The molecule has 0 saturated carbocycles. The van der Waals surface area contributed by atoms with E-state index in [0.29, 0.717) is 30.3 Å². The number of hydrogen-bond acceptors (Lipinski definition) is 5. The Balaban J connectivity index is 0.00000208. The van der Waals surface area contributed by atoms with Gasteiger partial charge in [0.25, 0.3) is 5.91 Å². The fraction of sp³-hybridized carbons (Fsp3) is 0.333. The number of ether oxygens (including phenoxy) is 1. The molecule has 24 heavy (non-hydrogen) atoms. The van der Waals surface area contributed by atoms with Crippen LogP contribution < -0.4 is 10.6 Å². The van der Waals surface area contributed by atoms with Gasteiger partial charge in [0.15, 0.2) is 16.8 Å². The van der Waals surface area contributed by atoms with E-state index in [1.807, 2.05) is 0 Å². The standard InChI is InChI=1S/C15H15F2N3O2S.ClH/c16-11-2-1-9(6-12(11)17)5-10-7-19-15(23-10)20-14(21)13-8-18-3-4-22-13;/h1-2,6-7,13,18H,3-5,8H2,(H,19,20,21);1H. The smallest absolute Gasteiger partial charge is 0.256 e. The molecule has 2 N–H and O–H groups in total. The SMILES string of the molecule is Cl.O=C(Nc1ncc(Cc2ccc(F)c(F)c2)s1)C1CNCCO1. The topological polar surface area (TPSA) is 63.2 Å². The van der Waals surface area contributed by atoms with Crippen LogP contribution in [0.4, 0.5) is 13.9 Å². The van der Waals surface area contributed by atoms with E-state index in [-0.39, 0.29) is 18.3 Å². The van der Waals surface area contributed by atoms with E-state index in [2.05, 4.69) is 15.6 Å². The first-order valence-electron chi connectivity index (χ1n) is 7.13. The lowest BCUT2D eigenvalue weighted by Gasteiger charge is -2.22. The van der Waals surface area contributed by atoms with E-state index in [4.69, 9.17) is 4.74 Å². The van der Waals surface area contributed by atoms with Gasteiger partial charge in [0.1, 0.15) is 6.10 Å². The lowest BCUT2D eigenvalue weighted by molar-refractivity contribution is -0.128. The molecule has 5 nitrogen and oxygen atoms in total. The average Bonchev–Trinajstić information content (AvgIpc) is 2.99. The first kappa shape index (κ1) is 18.7. The quantitative estimate of drug-likeness (QED) is 0.861. The zero-order chi connectivity index (χ0) is 16.2. The van der Waals surface area contributed by atoms with Crippen LogP contribution in [0.1, 0.15) is 10.4 Å². The number of nitrogens with one attached hydrogen (secondary N) is 2. The lowest BCUT2D eigenvalue weighted by Crippen LogP contribution is -2.45. The number of aromatic nitrogens is 1. The predicted octanol–water partition coefficient (Wildman–Crippen LogP) is 2.36. The number of thiazole rings is 1. The van der Waals surface area contributed by atoms with E-state index >= 15 is 0 Å². The first-order chi connectivity index (χ1) is 11.1. The molecule has 1 aromatic carbocycles. The number of benzene rings is 1. The summed E-state index contributed by atoms with van der Waals surface area (Å²) in [5, 5.41) is 6.25. The Kier molecular flexibility index (Phi) is 6.61. The molecule has 1 unspecified atom stereocenters. The summed E-state index contributed by atoms with van der Waals surface area (Å²) >= 11 is 1.29. The zero-order valence-corrected chi connectivity index (χ0v) is 14.2. The average molecular weight is 376 g/mol. The highest BCUT2D eigenvalue weighted by atomic mass is 35.5. The number of nitrogens with zero attached hydrogens (tertiary/aromatic N) is 1. The zero-order valence-electron chi connectivity index (χ0n) is 12.6. The van der Waals surface area contributed by atoms with Gasteiger partial charge >= 0.3 is 0 Å². The molecule has 0 aliphatic carbocycles. The maximum Gasteiger partial charge on any atom is 0.256 e. The van der Waals surface area contributed by atoms with Gasteiger partial charge < -0.3 is 10.1 Å². The van der Waals surface area contributed by atoms with Gasteiger partial charge in [0.05, 0.1) is 6.61 Å². The third-order valence-electron chi connectivity index (χ3n) is 3.37. The third-order valence-corrected chi connectivity index (χ3v) is 4.28. The Labute approximate surface area is 147 Å². The van der Waals surface area contributed by atoms with Crippen LogP contribution in [0.5, 0.6) is 0 Å². The molecule has 2 heterocycles. The Morgan fingerprint density at radius 3 is 2.96 bits per heavy atom. The number of rotatable bonds is 4. The third kappa shape index (κ3) is 4.70. The monoisotopic (exact) mass is 375 g/mol. The van der Waals surface area contributed by atoms with Crippen LogP contribution in [0.25, 0.3) is 0 Å². The van der Waals surface area contributed by atoms with Gasteiger partial charge in [-0.15, -0.1) is 23.7 Å². The summed E-state index contributed by atoms with van der Waals surface area (Å²) in [6.45, 7) is 1.70. The highest BCUT2D eigenvalue weighted by molar-refractivity contribution is 7.15. The Morgan fingerprint density at radius 1 is 1.42 bits per heavy atom. The number of anilines is 1. The Bertz CT molecular complexity index is 708. The summed E-state index contributed by atoms with van der Waals surface area (Å²) in [7, 11) is 0. The van der Waals surface area contributed by atoms with Gasteiger partial charge in [-0.3, -0.25) is 10.1 Å². The number of hydrogen-bond donors (Lipinski definition) is 2. The highest BCUT2D eigenvalue weighted by Crippen LogP contribution is 2.22. The second-order valence-corrected chi connectivity index (χ2v) is 6.22. The first-order valence-corrected chi connectivity index (χ1v) is 7.95. The fourth-order valence-corrected chi connectivity index (χ4v) is 3.07. The minimum Gasteiger partial charge on any atom is -0.366 e. The minimum atomic E-state index is -0.873. The van der Waals surface area contributed by atoms with Crippen molar-refractivity contribution >= 4 is 34.8 Å². The van der Waals surface area contributed by atoms with Crippen molar-refractivity contribution in [2.75, 3.05) is 25.0 Å². The van der Waals surface area contributed by atoms with Crippen LogP contribution in [0.3, 0.4) is 0 Å². The van der Waals surface area contributed by atoms with Crippen LogP contribution in [-0.4, -0.2) is 36.7 Å². The predicted molar refractivity (Wildman–Crippen MR) is 89.8 cm³/mol. The molecule has 0 bridgehead atoms. The summed E-state index contributed by atoms with van der Waals surface area (Å²) in [4.78, 5) is 17.0. The molecule has 1 aliphatic rings. The van der Waals surface area contributed by atoms with Crippen molar-refractivity contribution in [1.29, 1.82) is 0 Å². The van der Waals surface area contributed by atoms with Crippen LogP contribution in [0.2, 0.25) is 0 Å². The largest absolute Gasteiger partial charge is 0.366 e. The molecule has 1 amide bonds. The van der Waals surface area contributed by atoms with Crippen molar-refractivity contribution in [3.63, 3.8) is 0 Å². The molecule has 1 aliphatic heterocycles. The van der Waals surface area contributed by atoms with E-state index in [1.54, 1.807) is 6.20 Å². The van der Waals surface area contributed by atoms with Crippen LogP contribution in [0.15, 0.2) is 24.4 Å². The van der Waals surface area contributed by atoms with Crippen LogP contribution in [0, 0.1) is 11.6 Å². The summed E-state index contributed by atoms with van der Waals surface area (Å²) in [6.07, 6.45) is 1.51. The van der Waals surface area contributed by atoms with E-state index in [9.17, 15) is 13.6 Å². The Morgan fingerprint density at radius 2 is 2.25 bits per heavy atom. The summed E-state index contributed by atoms with van der Waals surface area (Å²) in [5.74, 6) is -1.99. The number of carbonyl (C=O) groups excluding carboxylic acids is 1. The summed E-state index contributed by atoms with van der Waals surface area (Å²) in [6, 6.07) is 3.79. The van der Waals surface area contributed by atoms with E-state index in [1.165, 1.54) is 17.4 Å². The molecular weight excluding hydrogens is 360 g/mol. The van der Waals surface area contributed by atoms with Gasteiger partial charge in [-0.2, -0.15) is 0 Å². The van der Waals surface area contributed by atoms with E-state index in [0.717, 1.165) is 23.6 Å². The second kappa shape index (κ2) is 8.48. The minimum absolute atomic E-state index is 0. The lowest BCUT2D eigenvalue weighted by atomic mass is 10.1. The van der Waals surface area contributed by atoms with E-state index < -0.39 is 17.7 Å². The second-order valence-electron chi connectivity index (χ2n) is 5.11. The van der Waals surface area contributed by atoms with Gasteiger partial charge in [0.2, 0.25) is 0 Å². The molecule has 130 valence electrons. The molecule has 9 heteroatoms. The van der Waals surface area contributed by atoms with Crippen molar-refractivity contribution in [1.82, 2.24) is 10.3 Å². The molecule has 1 aromatic heterocycles.